The summed E-state index contributed by atoms with van der Waals surface area (Å²) in [4.78, 5) is 25.1. The van der Waals surface area contributed by atoms with Gasteiger partial charge in [-0.2, -0.15) is 0 Å². The molecule has 0 aliphatic heterocycles. The van der Waals surface area contributed by atoms with E-state index in [2.05, 4.69) is 31.0 Å². The molecule has 0 spiro atoms. The lowest BCUT2D eigenvalue weighted by Crippen LogP contribution is -2.30. The van der Waals surface area contributed by atoms with Crippen LogP contribution in [0.2, 0.25) is 0 Å². The molecule has 0 saturated carbocycles. The van der Waals surface area contributed by atoms with Crippen LogP contribution in [0.3, 0.4) is 0 Å². The molecule has 32 heavy (non-hydrogen) atoms. The Labute approximate surface area is 195 Å². The number of benzene rings is 2. The highest BCUT2D eigenvalue weighted by atomic mass is 32.2. The fourth-order valence-electron chi connectivity index (χ4n) is 3.35. The zero-order valence-corrected chi connectivity index (χ0v) is 19.7. The predicted octanol–water partition coefficient (Wildman–Crippen LogP) is 6.55. The van der Waals surface area contributed by atoms with Gasteiger partial charge in [-0.05, 0) is 79.1 Å². The first-order chi connectivity index (χ1) is 15.5. The maximum atomic E-state index is 13.2. The molecule has 0 unspecified atom stereocenters. The van der Waals surface area contributed by atoms with Gasteiger partial charge in [-0.25, -0.2) is 9.37 Å². The number of aryl methyl sites for hydroxylation is 2. The van der Waals surface area contributed by atoms with Gasteiger partial charge in [0, 0.05) is 23.7 Å². The number of aromatic nitrogens is 2. The van der Waals surface area contributed by atoms with E-state index in [0.717, 1.165) is 38.4 Å². The van der Waals surface area contributed by atoms with Crippen LogP contribution in [0.25, 0.3) is 10.2 Å². The summed E-state index contributed by atoms with van der Waals surface area (Å²) >= 11 is 3.18. The second-order valence-corrected chi connectivity index (χ2v) is 9.78. The minimum atomic E-state index is -0.239. The standard InChI is InChI=1S/C25H24FN3OS2/c1-17-7-12-22-24(18(17)2)28-25(32-22)29(16-19-5-3-13-27-15-19)23(30)6-4-14-31-21-10-8-20(26)9-11-21/h3,5,7-13,15H,4,6,14,16H2,1-2H3. The first-order valence-electron chi connectivity index (χ1n) is 10.5. The van der Waals surface area contributed by atoms with Crippen LogP contribution in [-0.2, 0) is 11.3 Å². The van der Waals surface area contributed by atoms with Crippen molar-refractivity contribution in [2.75, 3.05) is 10.7 Å². The van der Waals surface area contributed by atoms with Crippen molar-refractivity contribution in [3.63, 3.8) is 0 Å². The Morgan fingerprint density at radius 2 is 1.94 bits per heavy atom. The Hall–Kier alpha value is -2.77. The Kier molecular flexibility index (Phi) is 7.17. The first kappa shape index (κ1) is 22.4. The molecule has 2 aromatic carbocycles. The molecule has 0 aliphatic carbocycles. The summed E-state index contributed by atoms with van der Waals surface area (Å²) in [6.45, 7) is 4.59. The number of amides is 1. The second-order valence-electron chi connectivity index (χ2n) is 7.60. The molecule has 0 atom stereocenters. The van der Waals surface area contributed by atoms with Gasteiger partial charge >= 0.3 is 0 Å². The van der Waals surface area contributed by atoms with E-state index in [-0.39, 0.29) is 11.7 Å². The molecule has 0 radical (unpaired) electrons. The molecular formula is C25H24FN3OS2. The Morgan fingerprint density at radius 1 is 1.12 bits per heavy atom. The molecule has 1 amide bonds. The lowest BCUT2D eigenvalue weighted by Gasteiger charge is -2.20. The van der Waals surface area contributed by atoms with E-state index in [1.54, 1.807) is 52.5 Å². The lowest BCUT2D eigenvalue weighted by molar-refractivity contribution is -0.118. The van der Waals surface area contributed by atoms with Gasteiger partial charge in [0.25, 0.3) is 0 Å². The molecular weight excluding hydrogens is 441 g/mol. The molecule has 164 valence electrons. The van der Waals surface area contributed by atoms with Crippen LogP contribution in [0, 0.1) is 19.7 Å². The van der Waals surface area contributed by atoms with Gasteiger partial charge in [0.2, 0.25) is 5.91 Å². The number of carbonyl (C=O) groups excluding carboxylic acids is 1. The monoisotopic (exact) mass is 465 g/mol. The van der Waals surface area contributed by atoms with Gasteiger partial charge in [-0.15, -0.1) is 11.8 Å². The summed E-state index contributed by atoms with van der Waals surface area (Å²) in [6.07, 6.45) is 4.66. The van der Waals surface area contributed by atoms with Crippen LogP contribution < -0.4 is 4.90 Å². The number of fused-ring (bicyclic) bond motifs is 1. The quantitative estimate of drug-likeness (QED) is 0.219. The smallest absolute Gasteiger partial charge is 0.229 e. The molecule has 0 N–H and O–H groups in total. The van der Waals surface area contributed by atoms with Crippen LogP contribution in [0.15, 0.2) is 65.8 Å². The molecule has 2 aromatic heterocycles. The van der Waals surface area contributed by atoms with E-state index in [4.69, 9.17) is 4.98 Å². The fourth-order valence-corrected chi connectivity index (χ4v) is 5.24. The fraction of sp³-hybridized carbons (Fsp3) is 0.240. The van der Waals surface area contributed by atoms with Crippen molar-refractivity contribution in [3.8, 4) is 0 Å². The summed E-state index contributed by atoms with van der Waals surface area (Å²) in [5, 5.41) is 0.716. The largest absolute Gasteiger partial charge is 0.284 e. The predicted molar refractivity (Wildman–Crippen MR) is 131 cm³/mol. The van der Waals surface area contributed by atoms with E-state index in [9.17, 15) is 9.18 Å². The zero-order chi connectivity index (χ0) is 22.5. The minimum absolute atomic E-state index is 0.0435. The first-order valence-corrected chi connectivity index (χ1v) is 12.3. The molecule has 0 aliphatic rings. The van der Waals surface area contributed by atoms with Gasteiger partial charge in [-0.1, -0.05) is 23.5 Å². The summed E-state index contributed by atoms with van der Waals surface area (Å²) in [7, 11) is 0. The third-order valence-corrected chi connectivity index (χ3v) is 7.43. The van der Waals surface area contributed by atoms with E-state index in [1.165, 1.54) is 17.7 Å². The van der Waals surface area contributed by atoms with E-state index in [0.29, 0.717) is 18.1 Å². The third kappa shape index (κ3) is 5.34. The summed E-state index contributed by atoms with van der Waals surface area (Å²) in [6, 6.07) is 14.5. The van der Waals surface area contributed by atoms with Crippen molar-refractivity contribution in [1.29, 1.82) is 0 Å². The zero-order valence-electron chi connectivity index (χ0n) is 18.0. The number of nitrogens with zero attached hydrogens (tertiary/aromatic N) is 3. The van der Waals surface area contributed by atoms with E-state index < -0.39 is 0 Å². The molecule has 4 nitrogen and oxygen atoms in total. The molecule has 0 saturated heterocycles. The molecule has 4 aromatic rings. The number of thiazole rings is 1. The van der Waals surface area contributed by atoms with Crippen LogP contribution >= 0.6 is 23.1 Å². The number of halogens is 1. The van der Waals surface area contributed by atoms with Crippen molar-refractivity contribution < 1.29 is 9.18 Å². The van der Waals surface area contributed by atoms with Gasteiger partial charge in [0.1, 0.15) is 5.82 Å². The summed E-state index contributed by atoms with van der Waals surface area (Å²) in [5.74, 6) is 0.592. The maximum Gasteiger partial charge on any atom is 0.229 e. The molecule has 7 heteroatoms. The number of carbonyl (C=O) groups is 1. The van der Waals surface area contributed by atoms with Gasteiger partial charge < -0.3 is 0 Å². The molecule has 4 rings (SSSR count). The van der Waals surface area contributed by atoms with Crippen LogP contribution in [0.5, 0.6) is 0 Å². The van der Waals surface area contributed by atoms with Crippen molar-refractivity contribution in [3.05, 3.63) is 83.4 Å². The number of pyridine rings is 1. The van der Waals surface area contributed by atoms with E-state index >= 15 is 0 Å². The number of anilines is 1. The number of thioether (sulfide) groups is 1. The second kappa shape index (κ2) is 10.2. The average molecular weight is 466 g/mol. The summed E-state index contributed by atoms with van der Waals surface area (Å²) < 4.78 is 14.1. The molecule has 2 heterocycles. The SMILES string of the molecule is Cc1ccc2sc(N(Cc3cccnc3)C(=O)CCCSc3ccc(F)cc3)nc2c1C. The summed E-state index contributed by atoms with van der Waals surface area (Å²) in [5.41, 5.74) is 4.27. The van der Waals surface area contributed by atoms with Crippen molar-refractivity contribution in [2.24, 2.45) is 0 Å². The highest BCUT2D eigenvalue weighted by molar-refractivity contribution is 7.99. The van der Waals surface area contributed by atoms with Gasteiger partial charge in [0.05, 0.1) is 16.8 Å². The van der Waals surface area contributed by atoms with Crippen LogP contribution in [0.4, 0.5) is 9.52 Å². The number of hydrogen-bond acceptors (Lipinski definition) is 5. The minimum Gasteiger partial charge on any atom is -0.284 e. The van der Waals surface area contributed by atoms with Gasteiger partial charge in [0.15, 0.2) is 5.13 Å². The lowest BCUT2D eigenvalue weighted by atomic mass is 10.1. The Bertz CT molecular complexity index is 1210. The van der Waals surface area contributed by atoms with Gasteiger partial charge in [-0.3, -0.25) is 14.7 Å². The van der Waals surface area contributed by atoms with Crippen molar-refractivity contribution in [1.82, 2.24) is 9.97 Å². The topological polar surface area (TPSA) is 46.1 Å². The highest BCUT2D eigenvalue weighted by Crippen LogP contribution is 2.33. The highest BCUT2D eigenvalue weighted by Gasteiger charge is 2.21. The molecule has 0 fully saturated rings. The normalized spacial score (nSPS) is 11.1. The van der Waals surface area contributed by atoms with Crippen LogP contribution in [0.1, 0.15) is 29.5 Å². The number of rotatable bonds is 8. The Balaban J connectivity index is 1.49. The van der Waals surface area contributed by atoms with Crippen molar-refractivity contribution >= 4 is 44.4 Å². The van der Waals surface area contributed by atoms with Crippen molar-refractivity contribution in [2.45, 2.75) is 38.1 Å². The third-order valence-electron chi connectivity index (χ3n) is 5.29. The Morgan fingerprint density at radius 3 is 2.69 bits per heavy atom. The maximum absolute atomic E-state index is 13.2. The number of hydrogen-bond donors (Lipinski definition) is 0. The molecule has 0 bridgehead atoms. The average Bonchev–Trinajstić information content (AvgIpc) is 3.24. The van der Waals surface area contributed by atoms with Crippen LogP contribution in [-0.4, -0.2) is 21.6 Å². The van der Waals surface area contributed by atoms with E-state index in [1.807, 2.05) is 12.1 Å².